The van der Waals surface area contributed by atoms with E-state index in [1.807, 2.05) is 6.07 Å². The average Bonchev–Trinajstić information content (AvgIpc) is 2.40. The number of hydrogen-bond donors (Lipinski definition) is 0. The van der Waals surface area contributed by atoms with Crippen molar-refractivity contribution in [3.63, 3.8) is 0 Å². The van der Waals surface area contributed by atoms with Crippen molar-refractivity contribution >= 4 is 11.5 Å². The predicted molar refractivity (Wildman–Crippen MR) is 65.4 cm³/mol. The fraction of sp³-hybridized carbons (Fsp3) is 0.0769. The number of nitro benzene ring substituents is 1. The molecule has 0 unspecified atom stereocenters. The van der Waals surface area contributed by atoms with Crippen LogP contribution in [0, 0.1) is 10.1 Å². The van der Waals surface area contributed by atoms with Gasteiger partial charge >= 0.3 is 0 Å². The van der Waals surface area contributed by atoms with E-state index in [0.717, 1.165) is 0 Å². The Balaban J connectivity index is 2.12. The van der Waals surface area contributed by atoms with Gasteiger partial charge < -0.3 is 0 Å². The molecule has 1 heterocycles. The van der Waals surface area contributed by atoms with Crippen LogP contribution in [0.2, 0.25) is 0 Å². The maximum absolute atomic E-state index is 11.9. The first-order chi connectivity index (χ1) is 8.66. The van der Waals surface area contributed by atoms with E-state index < -0.39 is 4.92 Å². The lowest BCUT2D eigenvalue weighted by molar-refractivity contribution is -0.384. The highest BCUT2D eigenvalue weighted by Crippen LogP contribution is 2.13. The number of hydrogen-bond acceptors (Lipinski definition) is 4. The van der Waals surface area contributed by atoms with Gasteiger partial charge in [-0.1, -0.05) is 6.07 Å². The number of nitro groups is 1. The van der Waals surface area contributed by atoms with Crippen LogP contribution in [-0.2, 0) is 6.42 Å². The molecule has 1 aromatic heterocycles. The Morgan fingerprint density at radius 3 is 2.44 bits per heavy atom. The van der Waals surface area contributed by atoms with Gasteiger partial charge in [-0.3, -0.25) is 19.9 Å². The van der Waals surface area contributed by atoms with E-state index in [4.69, 9.17) is 0 Å². The fourth-order valence-corrected chi connectivity index (χ4v) is 1.54. The molecule has 0 fully saturated rings. The molecule has 0 radical (unpaired) electrons. The largest absolute Gasteiger partial charge is 0.294 e. The molecule has 0 bridgehead atoms. The van der Waals surface area contributed by atoms with E-state index in [0.29, 0.717) is 11.3 Å². The minimum absolute atomic E-state index is 0.0237. The number of benzene rings is 1. The molecule has 1 aromatic carbocycles. The molecule has 0 saturated carbocycles. The highest BCUT2D eigenvalue weighted by Gasteiger charge is 2.10. The van der Waals surface area contributed by atoms with Gasteiger partial charge in [0.15, 0.2) is 5.78 Å². The van der Waals surface area contributed by atoms with Crippen molar-refractivity contribution in [2.75, 3.05) is 0 Å². The maximum atomic E-state index is 11.9. The molecular weight excluding hydrogens is 232 g/mol. The summed E-state index contributed by atoms with van der Waals surface area (Å²) in [6, 6.07) is 10.9. The van der Waals surface area contributed by atoms with Gasteiger partial charge in [0.25, 0.3) is 5.69 Å². The smallest absolute Gasteiger partial charge is 0.269 e. The van der Waals surface area contributed by atoms with Crippen molar-refractivity contribution < 1.29 is 9.72 Å². The summed E-state index contributed by atoms with van der Waals surface area (Å²) in [4.78, 5) is 25.9. The molecule has 0 aliphatic rings. The van der Waals surface area contributed by atoms with Gasteiger partial charge in [-0.25, -0.2) is 0 Å². The summed E-state index contributed by atoms with van der Waals surface area (Å²) in [5.41, 5.74) is 1.11. The molecule has 0 atom stereocenters. The van der Waals surface area contributed by atoms with Gasteiger partial charge in [0.2, 0.25) is 0 Å². The molecule has 2 aromatic rings. The zero-order chi connectivity index (χ0) is 13.0. The summed E-state index contributed by atoms with van der Waals surface area (Å²) in [6.45, 7) is 0. The minimum atomic E-state index is -0.493. The van der Waals surface area contributed by atoms with Crippen molar-refractivity contribution in [2.24, 2.45) is 0 Å². The zero-order valence-corrected chi connectivity index (χ0v) is 9.45. The number of carbonyl (C=O) groups excluding carboxylic acids is 1. The van der Waals surface area contributed by atoms with E-state index in [9.17, 15) is 14.9 Å². The number of Topliss-reactive ketones (excluding diaryl/α,β-unsaturated/α-hetero) is 1. The molecule has 18 heavy (non-hydrogen) atoms. The molecule has 5 nitrogen and oxygen atoms in total. The first kappa shape index (κ1) is 11.9. The Kier molecular flexibility index (Phi) is 3.43. The number of carbonyl (C=O) groups is 1. The Morgan fingerprint density at radius 2 is 1.89 bits per heavy atom. The van der Waals surface area contributed by atoms with Crippen LogP contribution in [0.5, 0.6) is 0 Å². The lowest BCUT2D eigenvalue weighted by Gasteiger charge is -2.00. The quantitative estimate of drug-likeness (QED) is 0.469. The fourth-order valence-electron chi connectivity index (χ4n) is 1.54. The van der Waals surface area contributed by atoms with Gasteiger partial charge in [0, 0.05) is 29.6 Å². The molecule has 2 rings (SSSR count). The summed E-state index contributed by atoms with van der Waals surface area (Å²) in [5, 5.41) is 10.5. The first-order valence-electron chi connectivity index (χ1n) is 5.34. The molecule has 0 saturated heterocycles. The average molecular weight is 242 g/mol. The van der Waals surface area contributed by atoms with E-state index in [2.05, 4.69) is 4.98 Å². The van der Waals surface area contributed by atoms with Crippen molar-refractivity contribution in [3.05, 3.63) is 70.0 Å². The summed E-state index contributed by atoms with van der Waals surface area (Å²) in [5.74, 6) is -0.108. The zero-order valence-electron chi connectivity index (χ0n) is 9.45. The summed E-state index contributed by atoms with van der Waals surface area (Å²) in [7, 11) is 0. The van der Waals surface area contributed by atoms with Gasteiger partial charge in [-0.05, 0) is 24.3 Å². The topological polar surface area (TPSA) is 73.1 Å². The van der Waals surface area contributed by atoms with Crippen LogP contribution in [-0.4, -0.2) is 15.7 Å². The second kappa shape index (κ2) is 5.18. The van der Waals surface area contributed by atoms with Crippen LogP contribution in [0.25, 0.3) is 0 Å². The minimum Gasteiger partial charge on any atom is -0.294 e. The maximum Gasteiger partial charge on any atom is 0.269 e. The van der Waals surface area contributed by atoms with Crippen molar-refractivity contribution in [3.8, 4) is 0 Å². The number of aromatic nitrogens is 1. The van der Waals surface area contributed by atoms with Crippen LogP contribution in [0.1, 0.15) is 16.1 Å². The van der Waals surface area contributed by atoms with Crippen molar-refractivity contribution in [2.45, 2.75) is 6.42 Å². The van der Waals surface area contributed by atoms with Crippen LogP contribution in [0.3, 0.4) is 0 Å². The van der Waals surface area contributed by atoms with Gasteiger partial charge in [-0.2, -0.15) is 0 Å². The number of nitrogens with zero attached hydrogens (tertiary/aromatic N) is 2. The second-order valence-electron chi connectivity index (χ2n) is 3.73. The Labute approximate surface area is 103 Å². The molecule has 0 aliphatic heterocycles. The highest BCUT2D eigenvalue weighted by molar-refractivity contribution is 5.97. The van der Waals surface area contributed by atoms with Crippen LogP contribution in [0.15, 0.2) is 48.7 Å². The lowest BCUT2D eigenvalue weighted by atomic mass is 10.1. The molecule has 0 amide bonds. The van der Waals surface area contributed by atoms with Crippen LogP contribution >= 0.6 is 0 Å². The third-order valence-corrected chi connectivity index (χ3v) is 2.47. The lowest BCUT2D eigenvalue weighted by Crippen LogP contribution is -2.04. The highest BCUT2D eigenvalue weighted by atomic mass is 16.6. The van der Waals surface area contributed by atoms with Gasteiger partial charge in [0.1, 0.15) is 0 Å². The molecule has 0 N–H and O–H groups in total. The Bertz CT molecular complexity index is 565. The summed E-state index contributed by atoms with van der Waals surface area (Å²) < 4.78 is 0. The number of pyridine rings is 1. The standard InChI is InChI=1S/C13H10N2O3/c16-13(9-11-3-1-2-8-14-11)10-4-6-12(7-5-10)15(17)18/h1-8H,9H2. The monoisotopic (exact) mass is 242 g/mol. The van der Waals surface area contributed by atoms with Crippen molar-refractivity contribution in [1.82, 2.24) is 4.98 Å². The molecule has 5 heteroatoms. The number of ketones is 1. The SMILES string of the molecule is O=C(Cc1ccccn1)c1ccc([N+](=O)[O-])cc1. The predicted octanol–water partition coefficient (Wildman–Crippen LogP) is 2.42. The summed E-state index contributed by atoms with van der Waals surface area (Å²) in [6.07, 6.45) is 1.82. The Hall–Kier alpha value is -2.56. The van der Waals surface area contributed by atoms with E-state index in [-0.39, 0.29) is 17.9 Å². The van der Waals surface area contributed by atoms with E-state index in [1.165, 1.54) is 24.3 Å². The van der Waals surface area contributed by atoms with Crippen molar-refractivity contribution in [1.29, 1.82) is 0 Å². The van der Waals surface area contributed by atoms with Gasteiger partial charge in [-0.15, -0.1) is 0 Å². The molecule has 90 valence electrons. The van der Waals surface area contributed by atoms with Crippen LogP contribution in [0.4, 0.5) is 5.69 Å². The van der Waals surface area contributed by atoms with E-state index in [1.54, 1.807) is 18.3 Å². The number of rotatable bonds is 4. The summed E-state index contributed by atoms with van der Waals surface area (Å²) >= 11 is 0. The van der Waals surface area contributed by atoms with E-state index >= 15 is 0 Å². The van der Waals surface area contributed by atoms with Gasteiger partial charge in [0.05, 0.1) is 11.3 Å². The molecular formula is C13H10N2O3. The molecule has 0 aliphatic carbocycles. The molecule has 0 spiro atoms. The normalized spacial score (nSPS) is 10.0. The third kappa shape index (κ3) is 2.76. The third-order valence-electron chi connectivity index (χ3n) is 2.47. The number of non-ortho nitro benzene ring substituents is 1. The Morgan fingerprint density at radius 1 is 1.17 bits per heavy atom. The first-order valence-corrected chi connectivity index (χ1v) is 5.34. The van der Waals surface area contributed by atoms with Crippen LogP contribution < -0.4 is 0 Å². The second-order valence-corrected chi connectivity index (χ2v) is 3.73.